The number of benzene rings is 3. The second-order valence-corrected chi connectivity index (χ2v) is 8.46. The first-order valence-corrected chi connectivity index (χ1v) is 11.1. The Kier molecular flexibility index (Phi) is 6.49. The molecular formula is C24H21ClN2O3S. The molecule has 0 fully saturated rings. The summed E-state index contributed by atoms with van der Waals surface area (Å²) < 4.78 is 5.34. The number of hydrogen-bond acceptors (Lipinski definition) is 4. The molecule has 5 nitrogen and oxygen atoms in total. The molecule has 0 unspecified atom stereocenters. The number of para-hydroxylation sites is 1. The van der Waals surface area contributed by atoms with Gasteiger partial charge < -0.3 is 15.0 Å². The highest BCUT2D eigenvalue weighted by Gasteiger charge is 2.26. The predicted molar refractivity (Wildman–Crippen MR) is 124 cm³/mol. The molecule has 0 aliphatic carbocycles. The van der Waals surface area contributed by atoms with Crippen LogP contribution in [0.2, 0.25) is 5.02 Å². The van der Waals surface area contributed by atoms with Crippen LogP contribution in [0.5, 0.6) is 5.75 Å². The molecule has 158 valence electrons. The van der Waals surface area contributed by atoms with Crippen LogP contribution in [0.15, 0.2) is 71.6 Å². The first kappa shape index (κ1) is 21.3. The third-order valence-corrected chi connectivity index (χ3v) is 6.50. The number of ether oxygens (including phenoxy) is 1. The van der Waals surface area contributed by atoms with Crippen LogP contribution in [-0.4, -0.2) is 24.7 Å². The van der Waals surface area contributed by atoms with Crippen molar-refractivity contribution in [2.75, 3.05) is 17.8 Å². The lowest BCUT2D eigenvalue weighted by Gasteiger charge is -2.29. The molecule has 3 aromatic rings. The van der Waals surface area contributed by atoms with Gasteiger partial charge in [0.1, 0.15) is 5.75 Å². The number of nitrogens with one attached hydrogen (secondary N) is 1. The van der Waals surface area contributed by atoms with E-state index < -0.39 is 0 Å². The van der Waals surface area contributed by atoms with Gasteiger partial charge in [-0.2, -0.15) is 0 Å². The Balaban J connectivity index is 1.56. The Morgan fingerprint density at radius 2 is 1.84 bits per heavy atom. The lowest BCUT2D eigenvalue weighted by molar-refractivity contribution is -0.116. The second-order valence-electron chi connectivity index (χ2n) is 7.04. The number of carbonyl (C=O) groups is 2. The zero-order chi connectivity index (χ0) is 21.8. The van der Waals surface area contributed by atoms with E-state index in [1.54, 1.807) is 24.1 Å². The van der Waals surface area contributed by atoms with Gasteiger partial charge in [-0.15, -0.1) is 11.8 Å². The van der Waals surface area contributed by atoms with Gasteiger partial charge in [-0.1, -0.05) is 48.0 Å². The lowest BCUT2D eigenvalue weighted by atomic mass is 10.1. The highest BCUT2D eigenvalue weighted by Crippen LogP contribution is 2.37. The van der Waals surface area contributed by atoms with Gasteiger partial charge >= 0.3 is 0 Å². The van der Waals surface area contributed by atoms with Crippen LogP contribution in [-0.2, 0) is 17.9 Å². The Bertz CT molecular complexity index is 1140. The molecule has 3 aromatic carbocycles. The third kappa shape index (κ3) is 4.70. The van der Waals surface area contributed by atoms with Gasteiger partial charge in [-0.3, -0.25) is 9.59 Å². The molecule has 0 saturated heterocycles. The van der Waals surface area contributed by atoms with Gasteiger partial charge in [0.05, 0.1) is 25.1 Å². The van der Waals surface area contributed by atoms with Crippen molar-refractivity contribution in [3.8, 4) is 5.75 Å². The summed E-state index contributed by atoms with van der Waals surface area (Å²) in [7, 11) is 1.60. The Labute approximate surface area is 190 Å². The summed E-state index contributed by atoms with van der Waals surface area (Å²) in [6.07, 6.45) is 0. The average Bonchev–Trinajstić information content (AvgIpc) is 2.80. The van der Waals surface area contributed by atoms with Crippen LogP contribution in [0.1, 0.15) is 21.5 Å². The molecule has 31 heavy (non-hydrogen) atoms. The van der Waals surface area contributed by atoms with E-state index in [-0.39, 0.29) is 11.8 Å². The normalized spacial score (nSPS) is 13.0. The minimum absolute atomic E-state index is 0.0102. The van der Waals surface area contributed by atoms with Crippen molar-refractivity contribution in [1.29, 1.82) is 0 Å². The van der Waals surface area contributed by atoms with Crippen molar-refractivity contribution in [2.45, 2.75) is 18.0 Å². The Morgan fingerprint density at radius 3 is 2.61 bits per heavy atom. The average molecular weight is 453 g/mol. The van der Waals surface area contributed by atoms with Gasteiger partial charge in [-0.25, -0.2) is 0 Å². The lowest BCUT2D eigenvalue weighted by Crippen LogP contribution is -2.35. The molecule has 4 rings (SSSR count). The monoisotopic (exact) mass is 452 g/mol. The van der Waals surface area contributed by atoms with Crippen molar-refractivity contribution in [3.63, 3.8) is 0 Å². The molecule has 0 aromatic heterocycles. The summed E-state index contributed by atoms with van der Waals surface area (Å²) in [6.45, 7) is 0.704. The molecule has 0 spiro atoms. The smallest absolute Gasteiger partial charge is 0.251 e. The highest BCUT2D eigenvalue weighted by molar-refractivity contribution is 8.00. The SMILES string of the molecule is COc1ccccc1CNC(=O)c1ccc2c(c1)N(Cc1ccccc1Cl)C(=O)CS2. The number of anilines is 1. The van der Waals surface area contributed by atoms with E-state index in [0.717, 1.165) is 27.5 Å². The van der Waals surface area contributed by atoms with E-state index in [0.29, 0.717) is 29.4 Å². The van der Waals surface area contributed by atoms with Crippen LogP contribution in [0.25, 0.3) is 0 Å². The van der Waals surface area contributed by atoms with Crippen LogP contribution in [0, 0.1) is 0 Å². The number of thioether (sulfide) groups is 1. The van der Waals surface area contributed by atoms with Crippen LogP contribution in [0.4, 0.5) is 5.69 Å². The predicted octanol–water partition coefficient (Wildman–Crippen LogP) is 4.92. The van der Waals surface area contributed by atoms with Gasteiger partial charge in [-0.05, 0) is 35.9 Å². The molecule has 2 amide bonds. The number of halogens is 1. The molecule has 7 heteroatoms. The van der Waals surface area contributed by atoms with Crippen molar-refractivity contribution in [1.82, 2.24) is 5.32 Å². The molecule has 1 aliphatic rings. The largest absolute Gasteiger partial charge is 0.496 e. The van der Waals surface area contributed by atoms with Gasteiger partial charge in [0.25, 0.3) is 5.91 Å². The third-order valence-electron chi connectivity index (χ3n) is 5.08. The Morgan fingerprint density at radius 1 is 1.10 bits per heavy atom. The number of methoxy groups -OCH3 is 1. The molecule has 0 atom stereocenters. The molecule has 0 saturated carbocycles. The molecule has 1 N–H and O–H groups in total. The quantitative estimate of drug-likeness (QED) is 0.576. The summed E-state index contributed by atoms with van der Waals surface area (Å²) in [4.78, 5) is 28.2. The van der Waals surface area contributed by atoms with Gasteiger partial charge in [0.2, 0.25) is 5.91 Å². The number of hydrogen-bond donors (Lipinski definition) is 1. The second kappa shape index (κ2) is 9.45. The first-order valence-electron chi connectivity index (χ1n) is 9.77. The standard InChI is InChI=1S/C24H21ClN2O3S/c1-30-21-9-5-3-6-17(21)13-26-24(29)16-10-11-22-20(12-16)27(23(28)15-31-22)14-18-7-2-4-8-19(18)25/h2-12H,13-15H2,1H3,(H,26,29). The van der Waals surface area contributed by atoms with Crippen LogP contribution in [0.3, 0.4) is 0 Å². The number of fused-ring (bicyclic) bond motifs is 1. The number of amides is 2. The van der Waals surface area contributed by atoms with Crippen molar-refractivity contribution < 1.29 is 14.3 Å². The molecule has 0 bridgehead atoms. The van der Waals surface area contributed by atoms with Crippen LogP contribution < -0.4 is 15.0 Å². The number of rotatable bonds is 6. The number of carbonyl (C=O) groups excluding carboxylic acids is 2. The van der Waals surface area contributed by atoms with E-state index in [1.165, 1.54) is 11.8 Å². The summed E-state index contributed by atoms with van der Waals surface area (Å²) in [5.41, 5.74) is 2.98. The highest BCUT2D eigenvalue weighted by atomic mass is 35.5. The minimum atomic E-state index is -0.213. The van der Waals surface area contributed by atoms with E-state index in [2.05, 4.69) is 5.32 Å². The maximum atomic E-state index is 12.8. The maximum Gasteiger partial charge on any atom is 0.251 e. The van der Waals surface area contributed by atoms with E-state index in [4.69, 9.17) is 16.3 Å². The van der Waals surface area contributed by atoms with Gasteiger partial charge in [0.15, 0.2) is 0 Å². The molecule has 1 aliphatic heterocycles. The van der Waals surface area contributed by atoms with Crippen molar-refractivity contribution >= 4 is 40.9 Å². The van der Waals surface area contributed by atoms with E-state index >= 15 is 0 Å². The Hall–Kier alpha value is -2.96. The van der Waals surface area contributed by atoms with Crippen molar-refractivity contribution in [2.24, 2.45) is 0 Å². The fourth-order valence-electron chi connectivity index (χ4n) is 3.44. The first-order chi connectivity index (χ1) is 15.1. The van der Waals surface area contributed by atoms with Crippen molar-refractivity contribution in [3.05, 3.63) is 88.4 Å². The fraction of sp³-hybridized carbons (Fsp3) is 0.167. The summed E-state index contributed by atoms with van der Waals surface area (Å²) in [5.74, 6) is 0.858. The van der Waals surface area contributed by atoms with Gasteiger partial charge in [0, 0.05) is 27.6 Å². The van der Waals surface area contributed by atoms with E-state index in [1.807, 2.05) is 54.6 Å². The van der Waals surface area contributed by atoms with Crippen LogP contribution >= 0.6 is 23.4 Å². The molecule has 0 radical (unpaired) electrons. The summed E-state index contributed by atoms with van der Waals surface area (Å²) in [6, 6.07) is 20.5. The minimum Gasteiger partial charge on any atom is -0.496 e. The zero-order valence-electron chi connectivity index (χ0n) is 16.9. The maximum absolute atomic E-state index is 12.8. The zero-order valence-corrected chi connectivity index (χ0v) is 18.5. The molecular weight excluding hydrogens is 432 g/mol. The van der Waals surface area contributed by atoms with E-state index in [9.17, 15) is 9.59 Å². The summed E-state index contributed by atoms with van der Waals surface area (Å²) in [5, 5.41) is 3.54. The fourth-order valence-corrected chi connectivity index (χ4v) is 4.55. The number of nitrogens with zero attached hydrogens (tertiary/aromatic N) is 1. The topological polar surface area (TPSA) is 58.6 Å². The molecule has 1 heterocycles. The summed E-state index contributed by atoms with van der Waals surface area (Å²) >= 11 is 7.79.